The standard InChI is InChI=1S/C21H27NO5S2/c1-4-29(25,26)27-21-12-8-11-20(15-21)17-22(16-18(2)3)28(23,24)14-13-19-9-6-5-7-10-19/h5-15,18H,4,16-17H2,1-3H3/b14-13+. The quantitative estimate of drug-likeness (QED) is 0.527. The first-order valence-electron chi connectivity index (χ1n) is 9.35. The second-order valence-electron chi connectivity index (χ2n) is 7.02. The van der Waals surface area contributed by atoms with Gasteiger partial charge in [-0.3, -0.25) is 0 Å². The van der Waals surface area contributed by atoms with Crippen LogP contribution in [-0.2, 0) is 26.7 Å². The maximum absolute atomic E-state index is 12.9. The Kier molecular flexibility index (Phi) is 8.01. The first-order valence-corrected chi connectivity index (χ1v) is 12.4. The maximum Gasteiger partial charge on any atom is 0.308 e. The van der Waals surface area contributed by atoms with Gasteiger partial charge in [0.25, 0.3) is 0 Å². The summed E-state index contributed by atoms with van der Waals surface area (Å²) >= 11 is 0. The number of hydrogen-bond donors (Lipinski definition) is 0. The summed E-state index contributed by atoms with van der Waals surface area (Å²) in [5.41, 5.74) is 1.44. The Hall–Kier alpha value is -2.16. The highest BCUT2D eigenvalue weighted by Gasteiger charge is 2.21. The summed E-state index contributed by atoms with van der Waals surface area (Å²) in [5.74, 6) is 0.149. The van der Waals surface area contributed by atoms with Gasteiger partial charge in [0.1, 0.15) is 5.75 Å². The van der Waals surface area contributed by atoms with E-state index in [0.29, 0.717) is 12.1 Å². The van der Waals surface area contributed by atoms with Crippen molar-refractivity contribution in [2.45, 2.75) is 27.3 Å². The van der Waals surface area contributed by atoms with E-state index in [0.717, 1.165) is 5.56 Å². The Balaban J connectivity index is 2.25. The van der Waals surface area contributed by atoms with Crippen LogP contribution in [0.15, 0.2) is 60.0 Å². The van der Waals surface area contributed by atoms with Crippen molar-refractivity contribution >= 4 is 26.2 Å². The van der Waals surface area contributed by atoms with Crippen molar-refractivity contribution in [2.24, 2.45) is 5.92 Å². The van der Waals surface area contributed by atoms with Gasteiger partial charge in [0.05, 0.1) is 5.75 Å². The van der Waals surface area contributed by atoms with Crippen molar-refractivity contribution in [1.82, 2.24) is 4.31 Å². The van der Waals surface area contributed by atoms with Gasteiger partial charge in [0.2, 0.25) is 10.0 Å². The molecule has 0 fully saturated rings. The van der Waals surface area contributed by atoms with Gasteiger partial charge in [0.15, 0.2) is 0 Å². The fourth-order valence-corrected chi connectivity index (χ4v) is 4.44. The lowest BCUT2D eigenvalue weighted by Crippen LogP contribution is -2.32. The number of benzene rings is 2. The summed E-state index contributed by atoms with van der Waals surface area (Å²) in [6.45, 7) is 5.82. The van der Waals surface area contributed by atoms with Gasteiger partial charge < -0.3 is 4.18 Å². The van der Waals surface area contributed by atoms with Gasteiger partial charge >= 0.3 is 10.1 Å². The highest BCUT2D eigenvalue weighted by molar-refractivity contribution is 7.92. The Morgan fingerprint density at radius 1 is 1.00 bits per heavy atom. The number of hydrogen-bond acceptors (Lipinski definition) is 5. The summed E-state index contributed by atoms with van der Waals surface area (Å²) < 4.78 is 55.6. The summed E-state index contributed by atoms with van der Waals surface area (Å²) in [4.78, 5) is 0. The number of rotatable bonds is 10. The zero-order chi connectivity index (χ0) is 21.5. The molecule has 0 atom stereocenters. The van der Waals surface area contributed by atoms with Crippen LogP contribution in [0.3, 0.4) is 0 Å². The van der Waals surface area contributed by atoms with Crippen LogP contribution in [0.25, 0.3) is 6.08 Å². The Morgan fingerprint density at radius 2 is 1.69 bits per heavy atom. The lowest BCUT2D eigenvalue weighted by atomic mass is 10.2. The van der Waals surface area contributed by atoms with Crippen LogP contribution in [0.2, 0.25) is 0 Å². The van der Waals surface area contributed by atoms with Crippen LogP contribution >= 0.6 is 0 Å². The largest absolute Gasteiger partial charge is 0.382 e. The molecule has 0 saturated heterocycles. The van der Waals surface area contributed by atoms with Crippen LogP contribution in [0.5, 0.6) is 5.75 Å². The fourth-order valence-electron chi connectivity index (χ4n) is 2.59. The summed E-state index contributed by atoms with van der Waals surface area (Å²) in [5, 5.41) is 1.20. The third-order valence-electron chi connectivity index (χ3n) is 3.99. The van der Waals surface area contributed by atoms with Gasteiger partial charge in [0, 0.05) is 18.5 Å². The molecule has 8 heteroatoms. The van der Waals surface area contributed by atoms with Gasteiger partial charge in [-0.1, -0.05) is 56.3 Å². The Bertz CT molecular complexity index is 1030. The molecule has 0 aliphatic heterocycles. The van der Waals surface area contributed by atoms with Crippen LogP contribution in [0, 0.1) is 5.92 Å². The average Bonchev–Trinajstić information content (AvgIpc) is 2.66. The first kappa shape index (κ1) is 23.1. The zero-order valence-corrected chi connectivity index (χ0v) is 18.5. The molecule has 2 rings (SSSR count). The maximum atomic E-state index is 12.9. The van der Waals surface area contributed by atoms with Crippen molar-refractivity contribution in [2.75, 3.05) is 12.3 Å². The van der Waals surface area contributed by atoms with Crippen molar-refractivity contribution in [3.05, 3.63) is 71.1 Å². The molecule has 0 aromatic heterocycles. The van der Waals surface area contributed by atoms with E-state index in [2.05, 4.69) is 0 Å². The highest BCUT2D eigenvalue weighted by Crippen LogP contribution is 2.20. The molecule has 0 heterocycles. The highest BCUT2D eigenvalue weighted by atomic mass is 32.2. The molecule has 2 aromatic carbocycles. The SMILES string of the molecule is CCS(=O)(=O)Oc1cccc(CN(CC(C)C)S(=O)(=O)/C=C/c2ccccc2)c1. The second kappa shape index (κ2) is 10.0. The van der Waals surface area contributed by atoms with Gasteiger partial charge in [-0.2, -0.15) is 12.7 Å². The van der Waals surface area contributed by atoms with E-state index in [1.165, 1.54) is 22.7 Å². The molecule has 0 amide bonds. The minimum atomic E-state index is -3.67. The molecule has 29 heavy (non-hydrogen) atoms. The van der Waals surface area contributed by atoms with E-state index in [1.807, 2.05) is 44.2 Å². The smallest absolute Gasteiger partial charge is 0.308 e. The third kappa shape index (κ3) is 7.64. The lowest BCUT2D eigenvalue weighted by Gasteiger charge is -2.22. The predicted molar refractivity (Wildman–Crippen MR) is 116 cm³/mol. The van der Waals surface area contributed by atoms with E-state index < -0.39 is 20.1 Å². The predicted octanol–water partition coefficient (Wildman–Crippen LogP) is 3.87. The van der Waals surface area contributed by atoms with Crippen LogP contribution in [0.1, 0.15) is 31.9 Å². The van der Waals surface area contributed by atoms with Crippen molar-refractivity contribution in [3.8, 4) is 5.75 Å². The van der Waals surface area contributed by atoms with E-state index in [-0.39, 0.29) is 24.0 Å². The lowest BCUT2D eigenvalue weighted by molar-refractivity contribution is 0.366. The van der Waals surface area contributed by atoms with Crippen LogP contribution in [-0.4, -0.2) is 33.4 Å². The average molecular weight is 438 g/mol. The molecule has 0 bridgehead atoms. The molecule has 0 unspecified atom stereocenters. The zero-order valence-electron chi connectivity index (χ0n) is 16.9. The molecule has 0 spiro atoms. The summed E-state index contributed by atoms with van der Waals surface area (Å²) in [6, 6.07) is 15.7. The molecular weight excluding hydrogens is 410 g/mol. The monoisotopic (exact) mass is 437 g/mol. The van der Waals surface area contributed by atoms with Crippen LogP contribution < -0.4 is 4.18 Å². The molecule has 2 aromatic rings. The molecule has 0 aliphatic carbocycles. The number of nitrogens with zero attached hydrogens (tertiary/aromatic N) is 1. The number of sulfonamides is 1. The molecule has 0 aliphatic rings. The topological polar surface area (TPSA) is 80.8 Å². The minimum Gasteiger partial charge on any atom is -0.382 e. The minimum absolute atomic E-state index is 0.114. The van der Waals surface area contributed by atoms with E-state index in [1.54, 1.807) is 24.3 Å². The Morgan fingerprint density at radius 3 is 2.31 bits per heavy atom. The molecule has 6 nitrogen and oxygen atoms in total. The second-order valence-corrected chi connectivity index (χ2v) is 10.7. The molecule has 158 valence electrons. The summed E-state index contributed by atoms with van der Waals surface area (Å²) in [7, 11) is -7.32. The van der Waals surface area contributed by atoms with Crippen molar-refractivity contribution in [1.29, 1.82) is 0 Å². The fraction of sp³-hybridized carbons (Fsp3) is 0.333. The molecule has 0 radical (unpaired) electrons. The van der Waals surface area contributed by atoms with Gasteiger partial charge in [-0.05, 0) is 42.2 Å². The molecular formula is C21H27NO5S2. The van der Waals surface area contributed by atoms with Gasteiger partial charge in [-0.15, -0.1) is 0 Å². The van der Waals surface area contributed by atoms with Gasteiger partial charge in [-0.25, -0.2) is 8.42 Å². The third-order valence-corrected chi connectivity index (χ3v) is 6.63. The Labute approximate surface area is 174 Å². The van der Waals surface area contributed by atoms with Crippen molar-refractivity contribution in [3.63, 3.8) is 0 Å². The van der Waals surface area contributed by atoms with Crippen molar-refractivity contribution < 1.29 is 21.0 Å². The van der Waals surface area contributed by atoms with E-state index >= 15 is 0 Å². The molecule has 0 saturated carbocycles. The normalized spacial score (nSPS) is 12.7. The first-order chi connectivity index (χ1) is 13.6. The van der Waals surface area contributed by atoms with Crippen LogP contribution in [0.4, 0.5) is 0 Å². The van der Waals surface area contributed by atoms with E-state index in [9.17, 15) is 16.8 Å². The molecule has 0 N–H and O–H groups in total. The summed E-state index contributed by atoms with van der Waals surface area (Å²) in [6.07, 6.45) is 1.57. The van der Waals surface area contributed by atoms with E-state index in [4.69, 9.17) is 4.18 Å².